The molecule has 5 nitrogen and oxygen atoms in total. The van der Waals surface area contributed by atoms with Crippen molar-refractivity contribution in [2.45, 2.75) is 12.5 Å². The van der Waals surface area contributed by atoms with Crippen LogP contribution < -0.4 is 5.32 Å². The lowest BCUT2D eigenvalue weighted by molar-refractivity contribution is 0.155. The lowest BCUT2D eigenvalue weighted by atomic mass is 10.2. The lowest BCUT2D eigenvalue weighted by Gasteiger charge is -2.15. The zero-order chi connectivity index (χ0) is 13.2. The first kappa shape index (κ1) is 11.8. The number of anilines is 1. The Bertz CT molecular complexity index is 614. The molecule has 98 valence electrons. The summed E-state index contributed by atoms with van der Waals surface area (Å²) >= 11 is 0. The van der Waals surface area contributed by atoms with Crippen LogP contribution in [0.1, 0.15) is 6.42 Å². The first-order valence-corrected chi connectivity index (χ1v) is 6.31. The number of aromatic nitrogens is 1. The van der Waals surface area contributed by atoms with Crippen molar-refractivity contribution >= 4 is 22.7 Å². The van der Waals surface area contributed by atoms with Crippen molar-refractivity contribution in [1.29, 1.82) is 0 Å². The second kappa shape index (κ2) is 4.76. The van der Waals surface area contributed by atoms with Gasteiger partial charge in [0.1, 0.15) is 0 Å². The summed E-state index contributed by atoms with van der Waals surface area (Å²) in [6.45, 7) is 1.14. The summed E-state index contributed by atoms with van der Waals surface area (Å²) in [4.78, 5) is 16.6. The molecule has 19 heavy (non-hydrogen) atoms. The van der Waals surface area contributed by atoms with Gasteiger partial charge in [-0.3, -0.25) is 4.98 Å². The van der Waals surface area contributed by atoms with E-state index in [1.54, 1.807) is 6.20 Å². The monoisotopic (exact) mass is 257 g/mol. The highest BCUT2D eigenvalue weighted by atomic mass is 16.4. The van der Waals surface area contributed by atoms with Crippen molar-refractivity contribution in [3.8, 4) is 0 Å². The van der Waals surface area contributed by atoms with E-state index in [-0.39, 0.29) is 6.04 Å². The maximum atomic E-state index is 10.9. The summed E-state index contributed by atoms with van der Waals surface area (Å²) in [6, 6.07) is 10.1. The van der Waals surface area contributed by atoms with Gasteiger partial charge in [-0.2, -0.15) is 0 Å². The molecule has 5 heteroatoms. The SMILES string of the molecule is O=C(O)N1CC[C@@H](Nc2ccc3ncccc3c2)C1. The fourth-order valence-corrected chi connectivity index (χ4v) is 2.45. The summed E-state index contributed by atoms with van der Waals surface area (Å²) in [7, 11) is 0. The quantitative estimate of drug-likeness (QED) is 0.867. The minimum atomic E-state index is -0.841. The summed E-state index contributed by atoms with van der Waals surface area (Å²) in [5, 5.41) is 13.4. The van der Waals surface area contributed by atoms with Crippen molar-refractivity contribution in [2.75, 3.05) is 18.4 Å². The third kappa shape index (κ3) is 2.45. The van der Waals surface area contributed by atoms with Gasteiger partial charge in [-0.25, -0.2) is 4.79 Å². The van der Waals surface area contributed by atoms with Crippen LogP contribution in [0.5, 0.6) is 0 Å². The Kier molecular flexibility index (Phi) is 2.95. The zero-order valence-electron chi connectivity index (χ0n) is 10.4. The summed E-state index contributed by atoms with van der Waals surface area (Å²) in [5.74, 6) is 0. The highest BCUT2D eigenvalue weighted by molar-refractivity contribution is 5.82. The molecule has 0 saturated carbocycles. The van der Waals surface area contributed by atoms with Gasteiger partial charge in [0.2, 0.25) is 0 Å². The number of hydrogen-bond donors (Lipinski definition) is 2. The highest BCUT2D eigenvalue weighted by Crippen LogP contribution is 2.20. The van der Waals surface area contributed by atoms with Crippen molar-refractivity contribution in [3.05, 3.63) is 36.5 Å². The number of rotatable bonds is 2. The third-order valence-electron chi connectivity index (χ3n) is 3.43. The van der Waals surface area contributed by atoms with Crippen LogP contribution in [0.4, 0.5) is 10.5 Å². The number of likely N-dealkylation sites (tertiary alicyclic amines) is 1. The van der Waals surface area contributed by atoms with Crippen molar-refractivity contribution in [3.63, 3.8) is 0 Å². The molecule has 1 amide bonds. The van der Waals surface area contributed by atoms with E-state index in [9.17, 15) is 4.79 Å². The van der Waals surface area contributed by atoms with Gasteiger partial charge < -0.3 is 15.3 Å². The van der Waals surface area contributed by atoms with Gasteiger partial charge in [0.15, 0.2) is 0 Å². The Morgan fingerprint density at radius 3 is 3.11 bits per heavy atom. The Hall–Kier alpha value is -2.30. The molecule has 1 aliphatic heterocycles. The molecule has 0 spiro atoms. The van der Waals surface area contributed by atoms with Gasteiger partial charge in [-0.05, 0) is 30.7 Å². The maximum absolute atomic E-state index is 10.9. The van der Waals surface area contributed by atoms with E-state index in [1.165, 1.54) is 4.90 Å². The van der Waals surface area contributed by atoms with Crippen LogP contribution >= 0.6 is 0 Å². The van der Waals surface area contributed by atoms with E-state index in [0.29, 0.717) is 13.1 Å². The van der Waals surface area contributed by atoms with Crippen LogP contribution in [-0.2, 0) is 0 Å². The summed E-state index contributed by atoms with van der Waals surface area (Å²) in [6.07, 6.45) is 1.78. The second-order valence-corrected chi connectivity index (χ2v) is 4.77. The molecular weight excluding hydrogens is 242 g/mol. The number of carboxylic acid groups (broad SMARTS) is 1. The predicted octanol–water partition coefficient (Wildman–Crippen LogP) is 2.40. The van der Waals surface area contributed by atoms with Crippen LogP contribution in [0.25, 0.3) is 10.9 Å². The number of pyridine rings is 1. The van der Waals surface area contributed by atoms with Crippen LogP contribution in [-0.4, -0.2) is 40.2 Å². The molecule has 1 aliphatic rings. The van der Waals surface area contributed by atoms with E-state index < -0.39 is 6.09 Å². The van der Waals surface area contributed by atoms with E-state index in [4.69, 9.17) is 5.11 Å². The molecule has 0 bridgehead atoms. The van der Waals surface area contributed by atoms with Gasteiger partial charge in [-0.1, -0.05) is 6.07 Å². The molecule has 0 radical (unpaired) electrons. The average molecular weight is 257 g/mol. The van der Waals surface area contributed by atoms with Crippen molar-refractivity contribution < 1.29 is 9.90 Å². The second-order valence-electron chi connectivity index (χ2n) is 4.77. The lowest BCUT2D eigenvalue weighted by Crippen LogP contribution is -2.30. The third-order valence-corrected chi connectivity index (χ3v) is 3.43. The van der Waals surface area contributed by atoms with Crippen LogP contribution in [0.15, 0.2) is 36.5 Å². The first-order valence-electron chi connectivity index (χ1n) is 6.31. The first-order chi connectivity index (χ1) is 9.22. The van der Waals surface area contributed by atoms with Crippen molar-refractivity contribution in [1.82, 2.24) is 9.88 Å². The summed E-state index contributed by atoms with van der Waals surface area (Å²) in [5.41, 5.74) is 1.98. The van der Waals surface area contributed by atoms with Gasteiger partial charge in [0.25, 0.3) is 0 Å². The van der Waals surface area contributed by atoms with Crippen LogP contribution in [0.2, 0.25) is 0 Å². The fourth-order valence-electron chi connectivity index (χ4n) is 2.45. The van der Waals surface area contributed by atoms with Crippen LogP contribution in [0.3, 0.4) is 0 Å². The molecule has 0 unspecified atom stereocenters. The highest BCUT2D eigenvalue weighted by Gasteiger charge is 2.25. The Balaban J connectivity index is 1.73. The number of fused-ring (bicyclic) bond motifs is 1. The molecule has 2 aromatic rings. The Morgan fingerprint density at radius 1 is 1.42 bits per heavy atom. The molecule has 3 rings (SSSR count). The number of nitrogens with one attached hydrogen (secondary N) is 1. The normalized spacial score (nSPS) is 18.7. The Morgan fingerprint density at radius 2 is 2.32 bits per heavy atom. The summed E-state index contributed by atoms with van der Waals surface area (Å²) < 4.78 is 0. The number of amides is 1. The minimum absolute atomic E-state index is 0.185. The number of benzene rings is 1. The largest absolute Gasteiger partial charge is 0.465 e. The standard InChI is InChI=1S/C14H15N3O2/c18-14(19)17-7-5-12(9-17)16-11-3-4-13-10(8-11)2-1-6-15-13/h1-4,6,8,12,16H,5,7,9H2,(H,18,19)/t12-/m1/s1. The number of hydrogen-bond acceptors (Lipinski definition) is 3. The molecular formula is C14H15N3O2. The molecule has 1 aromatic carbocycles. The van der Waals surface area contributed by atoms with E-state index in [1.807, 2.05) is 30.3 Å². The molecule has 0 aliphatic carbocycles. The smallest absolute Gasteiger partial charge is 0.407 e. The predicted molar refractivity (Wildman–Crippen MR) is 73.4 cm³/mol. The topological polar surface area (TPSA) is 65.5 Å². The van der Waals surface area contributed by atoms with Gasteiger partial charge in [0.05, 0.1) is 5.52 Å². The number of carbonyl (C=O) groups is 1. The van der Waals surface area contributed by atoms with Crippen LogP contribution in [0, 0.1) is 0 Å². The molecule has 1 fully saturated rings. The minimum Gasteiger partial charge on any atom is -0.465 e. The molecule has 2 heterocycles. The van der Waals surface area contributed by atoms with E-state index in [2.05, 4.69) is 10.3 Å². The molecule has 1 atom stereocenters. The maximum Gasteiger partial charge on any atom is 0.407 e. The van der Waals surface area contributed by atoms with Gasteiger partial charge in [0, 0.05) is 36.4 Å². The molecule has 1 saturated heterocycles. The number of nitrogens with zero attached hydrogens (tertiary/aromatic N) is 2. The Labute approximate surface area is 110 Å². The van der Waals surface area contributed by atoms with Gasteiger partial charge in [-0.15, -0.1) is 0 Å². The fraction of sp³-hybridized carbons (Fsp3) is 0.286. The van der Waals surface area contributed by atoms with E-state index >= 15 is 0 Å². The van der Waals surface area contributed by atoms with Gasteiger partial charge >= 0.3 is 6.09 Å². The van der Waals surface area contributed by atoms with Crippen molar-refractivity contribution in [2.24, 2.45) is 0 Å². The van der Waals surface area contributed by atoms with E-state index in [0.717, 1.165) is 23.0 Å². The average Bonchev–Trinajstić information content (AvgIpc) is 2.87. The zero-order valence-corrected chi connectivity index (χ0v) is 10.4. The molecule has 1 aromatic heterocycles. The molecule has 2 N–H and O–H groups in total.